The SMILES string of the molecule is C=C/C=C(\C(=C)C#N)N1CCN(Cc2nc3ccccc3[nH]c2=O)CC1. The van der Waals surface area contributed by atoms with Gasteiger partial charge >= 0.3 is 0 Å². The highest BCUT2D eigenvalue weighted by molar-refractivity contribution is 5.73. The van der Waals surface area contributed by atoms with Crippen LogP contribution in [0.15, 0.2) is 65.6 Å². The second-order valence-electron chi connectivity index (χ2n) is 6.17. The number of rotatable bonds is 5. The van der Waals surface area contributed by atoms with Gasteiger partial charge in [-0.25, -0.2) is 4.98 Å². The van der Waals surface area contributed by atoms with Gasteiger partial charge in [0.05, 0.1) is 22.3 Å². The summed E-state index contributed by atoms with van der Waals surface area (Å²) in [6.07, 6.45) is 3.49. The van der Waals surface area contributed by atoms with Crippen LogP contribution < -0.4 is 5.56 Å². The summed E-state index contributed by atoms with van der Waals surface area (Å²) in [4.78, 5) is 24.0. The molecule has 2 aromatic rings. The molecule has 0 aliphatic carbocycles. The second-order valence-corrected chi connectivity index (χ2v) is 6.17. The smallest absolute Gasteiger partial charge is 0.271 e. The van der Waals surface area contributed by atoms with Crippen molar-refractivity contribution in [3.05, 3.63) is 76.9 Å². The molecule has 1 saturated heterocycles. The van der Waals surface area contributed by atoms with Gasteiger partial charge in [-0.05, 0) is 18.2 Å². The molecule has 132 valence electrons. The van der Waals surface area contributed by atoms with Gasteiger partial charge in [0.1, 0.15) is 11.8 Å². The van der Waals surface area contributed by atoms with E-state index in [1.54, 1.807) is 6.08 Å². The lowest BCUT2D eigenvalue weighted by Crippen LogP contribution is -2.46. The first-order valence-corrected chi connectivity index (χ1v) is 8.49. The second kappa shape index (κ2) is 7.81. The van der Waals surface area contributed by atoms with Gasteiger partial charge in [-0.2, -0.15) is 5.26 Å². The molecule has 26 heavy (non-hydrogen) atoms. The maximum atomic E-state index is 12.3. The van der Waals surface area contributed by atoms with Crippen molar-refractivity contribution < 1.29 is 0 Å². The highest BCUT2D eigenvalue weighted by Gasteiger charge is 2.21. The number of hydrogen-bond acceptors (Lipinski definition) is 5. The van der Waals surface area contributed by atoms with Crippen molar-refractivity contribution in [2.45, 2.75) is 6.54 Å². The van der Waals surface area contributed by atoms with E-state index < -0.39 is 0 Å². The van der Waals surface area contributed by atoms with Crippen molar-refractivity contribution in [3.8, 4) is 6.07 Å². The Hall–Kier alpha value is -3.17. The van der Waals surface area contributed by atoms with Gasteiger partial charge in [0.2, 0.25) is 0 Å². The number of nitriles is 1. The van der Waals surface area contributed by atoms with E-state index in [9.17, 15) is 4.79 Å². The van der Waals surface area contributed by atoms with Gasteiger partial charge < -0.3 is 9.88 Å². The molecule has 0 radical (unpaired) electrons. The number of hydrogen-bond donors (Lipinski definition) is 1. The molecule has 1 aromatic carbocycles. The number of aromatic nitrogens is 2. The number of H-pyrrole nitrogens is 1. The Kier molecular flexibility index (Phi) is 5.30. The van der Waals surface area contributed by atoms with Crippen molar-refractivity contribution in [1.29, 1.82) is 5.26 Å². The number of benzene rings is 1. The number of fused-ring (bicyclic) bond motifs is 1. The summed E-state index contributed by atoms with van der Waals surface area (Å²) in [5, 5.41) is 9.12. The number of piperazine rings is 1. The highest BCUT2D eigenvalue weighted by Crippen LogP contribution is 2.17. The van der Waals surface area contributed by atoms with Crippen molar-refractivity contribution in [2.75, 3.05) is 26.2 Å². The molecule has 1 aromatic heterocycles. The molecule has 0 unspecified atom stereocenters. The summed E-state index contributed by atoms with van der Waals surface area (Å²) in [6.45, 7) is 11.1. The predicted molar refractivity (Wildman–Crippen MR) is 102 cm³/mol. The lowest BCUT2D eigenvalue weighted by atomic mass is 10.1. The molecule has 0 atom stereocenters. The Bertz CT molecular complexity index is 958. The van der Waals surface area contributed by atoms with Crippen LogP contribution in [0.2, 0.25) is 0 Å². The van der Waals surface area contributed by atoms with E-state index in [0.29, 0.717) is 17.8 Å². The van der Waals surface area contributed by atoms with Crippen LogP contribution in [-0.2, 0) is 6.54 Å². The Balaban J connectivity index is 1.69. The van der Waals surface area contributed by atoms with Gasteiger partial charge in [-0.3, -0.25) is 9.69 Å². The molecular formula is C20H21N5O. The molecule has 6 nitrogen and oxygen atoms in total. The summed E-state index contributed by atoms with van der Waals surface area (Å²) in [7, 11) is 0. The molecule has 6 heteroatoms. The summed E-state index contributed by atoms with van der Waals surface area (Å²) in [5.74, 6) is 0. The third kappa shape index (κ3) is 3.73. The number of allylic oxidation sites excluding steroid dienone is 3. The summed E-state index contributed by atoms with van der Waals surface area (Å²) < 4.78 is 0. The molecule has 1 N–H and O–H groups in total. The molecular weight excluding hydrogens is 326 g/mol. The minimum atomic E-state index is -0.142. The highest BCUT2D eigenvalue weighted by atomic mass is 16.1. The van der Waals surface area contributed by atoms with Gasteiger partial charge in [0, 0.05) is 32.7 Å². The van der Waals surface area contributed by atoms with Gasteiger partial charge in [-0.15, -0.1) is 0 Å². The topological polar surface area (TPSA) is 76.0 Å². The van der Waals surface area contributed by atoms with Crippen LogP contribution in [0.1, 0.15) is 5.69 Å². The third-order valence-electron chi connectivity index (χ3n) is 4.48. The van der Waals surface area contributed by atoms with Crippen LogP contribution >= 0.6 is 0 Å². The molecule has 1 aliphatic heterocycles. The third-order valence-corrected chi connectivity index (χ3v) is 4.48. The van der Waals surface area contributed by atoms with Crippen LogP contribution in [0.25, 0.3) is 11.0 Å². The van der Waals surface area contributed by atoms with Gasteiger partial charge in [0.25, 0.3) is 5.56 Å². The Labute approximate surface area is 152 Å². The average Bonchev–Trinajstić information content (AvgIpc) is 2.67. The van der Waals surface area contributed by atoms with Crippen molar-refractivity contribution in [1.82, 2.24) is 19.8 Å². The summed E-state index contributed by atoms with van der Waals surface area (Å²) in [5.41, 5.74) is 3.18. The van der Waals surface area contributed by atoms with E-state index in [4.69, 9.17) is 5.26 Å². The van der Waals surface area contributed by atoms with E-state index in [1.807, 2.05) is 30.3 Å². The minimum Gasteiger partial charge on any atom is -0.368 e. The first kappa shape index (κ1) is 17.6. The van der Waals surface area contributed by atoms with E-state index in [2.05, 4.69) is 39.0 Å². The maximum Gasteiger partial charge on any atom is 0.271 e. The number of nitrogens with zero attached hydrogens (tertiary/aromatic N) is 4. The van der Waals surface area contributed by atoms with Crippen molar-refractivity contribution >= 4 is 11.0 Å². The predicted octanol–water partition coefficient (Wildman–Crippen LogP) is 2.19. The zero-order chi connectivity index (χ0) is 18.5. The van der Waals surface area contributed by atoms with Gasteiger partial charge in [0.15, 0.2) is 0 Å². The summed E-state index contributed by atoms with van der Waals surface area (Å²) in [6, 6.07) is 9.63. The molecule has 0 saturated carbocycles. The lowest BCUT2D eigenvalue weighted by Gasteiger charge is -2.36. The Morgan fingerprint density at radius 1 is 1.31 bits per heavy atom. The monoisotopic (exact) mass is 347 g/mol. The Morgan fingerprint density at radius 3 is 2.73 bits per heavy atom. The molecule has 1 fully saturated rings. The lowest BCUT2D eigenvalue weighted by molar-refractivity contribution is 0.153. The molecule has 0 spiro atoms. The standard InChI is InChI=1S/C20H21N5O/c1-3-6-19(15(2)13-21)25-11-9-24(10-12-25)14-18-20(26)23-17-8-5-4-7-16(17)22-18/h3-8H,1-2,9-12,14H2,(H,23,26)/b19-6+. The number of para-hydroxylation sites is 2. The maximum absolute atomic E-state index is 12.3. The first-order valence-electron chi connectivity index (χ1n) is 8.49. The van der Waals surface area contributed by atoms with E-state index in [0.717, 1.165) is 42.9 Å². The quantitative estimate of drug-likeness (QED) is 0.663. The van der Waals surface area contributed by atoms with Crippen molar-refractivity contribution in [3.63, 3.8) is 0 Å². The van der Waals surface area contributed by atoms with Crippen LogP contribution in [0, 0.1) is 11.3 Å². The zero-order valence-electron chi connectivity index (χ0n) is 14.6. The average molecular weight is 347 g/mol. The van der Waals surface area contributed by atoms with Crippen LogP contribution in [0.4, 0.5) is 0 Å². The fourth-order valence-electron chi connectivity index (χ4n) is 3.10. The normalized spacial score (nSPS) is 15.7. The van der Waals surface area contributed by atoms with E-state index >= 15 is 0 Å². The van der Waals surface area contributed by atoms with Crippen LogP contribution in [0.3, 0.4) is 0 Å². The van der Waals surface area contributed by atoms with Crippen molar-refractivity contribution in [2.24, 2.45) is 0 Å². The van der Waals surface area contributed by atoms with E-state index in [-0.39, 0.29) is 5.56 Å². The van der Waals surface area contributed by atoms with E-state index in [1.165, 1.54) is 0 Å². The number of aromatic amines is 1. The molecule has 3 rings (SSSR count). The molecule has 1 aliphatic rings. The fraction of sp³-hybridized carbons (Fsp3) is 0.250. The first-order chi connectivity index (χ1) is 12.6. The van der Waals surface area contributed by atoms with Crippen LogP contribution in [-0.4, -0.2) is 45.9 Å². The Morgan fingerprint density at radius 2 is 2.04 bits per heavy atom. The van der Waals surface area contributed by atoms with Gasteiger partial charge in [-0.1, -0.05) is 31.4 Å². The molecule has 2 heterocycles. The zero-order valence-corrected chi connectivity index (χ0v) is 14.6. The molecule has 0 amide bonds. The largest absolute Gasteiger partial charge is 0.368 e. The summed E-state index contributed by atoms with van der Waals surface area (Å²) >= 11 is 0. The number of nitrogens with one attached hydrogen (secondary N) is 1. The minimum absolute atomic E-state index is 0.142. The van der Waals surface area contributed by atoms with Crippen LogP contribution in [0.5, 0.6) is 0 Å². The fourth-order valence-corrected chi connectivity index (χ4v) is 3.10. The molecule has 0 bridgehead atoms.